The van der Waals surface area contributed by atoms with Gasteiger partial charge >= 0.3 is 0 Å². The van der Waals surface area contributed by atoms with Gasteiger partial charge < -0.3 is 4.90 Å². The zero-order valence-electron chi connectivity index (χ0n) is 10.8. The first-order chi connectivity index (χ1) is 9.24. The summed E-state index contributed by atoms with van der Waals surface area (Å²) in [6, 6.07) is 17.8. The molecule has 0 atom stereocenters. The average Bonchev–Trinajstić information content (AvgIpc) is 2.47. The largest absolute Gasteiger partial charge is 0.367 e. The Hall–Kier alpha value is -1.98. The summed E-state index contributed by atoms with van der Waals surface area (Å²) in [6.07, 6.45) is 0. The summed E-state index contributed by atoms with van der Waals surface area (Å²) in [6.45, 7) is 3.76. The maximum Gasteiger partial charge on any atom is 0.0992 e. The molecule has 0 aliphatic rings. The highest BCUT2D eigenvalue weighted by molar-refractivity contribution is 6.31. The summed E-state index contributed by atoms with van der Waals surface area (Å²) in [7, 11) is 0. The Morgan fingerprint density at radius 3 is 2.47 bits per heavy atom. The summed E-state index contributed by atoms with van der Waals surface area (Å²) >= 11 is 6.22. The van der Waals surface area contributed by atoms with Crippen LogP contribution in [0.5, 0.6) is 0 Å². The third-order valence-corrected chi connectivity index (χ3v) is 3.40. The van der Waals surface area contributed by atoms with Crippen molar-refractivity contribution in [2.75, 3.05) is 11.4 Å². The highest BCUT2D eigenvalue weighted by Gasteiger charge is 2.08. The quantitative estimate of drug-likeness (QED) is 0.831. The molecule has 0 aliphatic carbocycles. The predicted molar refractivity (Wildman–Crippen MR) is 79.3 cm³/mol. The van der Waals surface area contributed by atoms with E-state index in [1.807, 2.05) is 24.3 Å². The number of rotatable bonds is 4. The van der Waals surface area contributed by atoms with Crippen LogP contribution in [0.1, 0.15) is 18.1 Å². The fourth-order valence-electron chi connectivity index (χ4n) is 1.98. The highest BCUT2D eigenvalue weighted by atomic mass is 35.5. The molecule has 0 aliphatic heterocycles. The number of hydrogen-bond donors (Lipinski definition) is 0. The van der Waals surface area contributed by atoms with Crippen LogP contribution < -0.4 is 4.90 Å². The van der Waals surface area contributed by atoms with E-state index in [1.165, 1.54) is 5.69 Å². The smallest absolute Gasteiger partial charge is 0.0992 e. The third kappa shape index (κ3) is 3.27. The molecular formula is C16H15ClN2. The number of nitriles is 1. The van der Waals surface area contributed by atoms with E-state index in [-0.39, 0.29) is 0 Å². The Kier molecular flexibility index (Phi) is 4.43. The molecule has 96 valence electrons. The molecule has 0 N–H and O–H groups in total. The molecule has 19 heavy (non-hydrogen) atoms. The van der Waals surface area contributed by atoms with Crippen molar-refractivity contribution in [2.24, 2.45) is 0 Å². The lowest BCUT2D eigenvalue weighted by Gasteiger charge is -2.23. The molecule has 0 radical (unpaired) electrons. The van der Waals surface area contributed by atoms with Crippen LogP contribution in [0.3, 0.4) is 0 Å². The summed E-state index contributed by atoms with van der Waals surface area (Å²) in [5.41, 5.74) is 2.80. The average molecular weight is 271 g/mol. The molecule has 0 amide bonds. The molecule has 2 nitrogen and oxygen atoms in total. The molecule has 0 fully saturated rings. The first-order valence-electron chi connectivity index (χ1n) is 6.23. The van der Waals surface area contributed by atoms with E-state index < -0.39 is 0 Å². The lowest BCUT2D eigenvalue weighted by Crippen LogP contribution is -2.22. The van der Waals surface area contributed by atoms with Gasteiger partial charge in [0.05, 0.1) is 11.6 Å². The summed E-state index contributed by atoms with van der Waals surface area (Å²) in [5, 5.41) is 9.49. The zero-order valence-corrected chi connectivity index (χ0v) is 11.6. The van der Waals surface area contributed by atoms with Crippen molar-refractivity contribution in [2.45, 2.75) is 13.5 Å². The van der Waals surface area contributed by atoms with Crippen LogP contribution in [0, 0.1) is 11.3 Å². The maximum absolute atomic E-state index is 8.84. The van der Waals surface area contributed by atoms with Crippen molar-refractivity contribution < 1.29 is 0 Å². The molecule has 2 aromatic rings. The molecule has 0 heterocycles. The van der Waals surface area contributed by atoms with Crippen molar-refractivity contribution in [3.63, 3.8) is 0 Å². The molecule has 0 unspecified atom stereocenters. The first-order valence-corrected chi connectivity index (χ1v) is 6.61. The number of anilines is 1. The number of para-hydroxylation sites is 1. The molecule has 3 heteroatoms. The molecular weight excluding hydrogens is 256 g/mol. The van der Waals surface area contributed by atoms with Crippen molar-refractivity contribution >= 4 is 17.3 Å². The van der Waals surface area contributed by atoms with Crippen LogP contribution in [-0.2, 0) is 6.54 Å². The van der Waals surface area contributed by atoms with E-state index in [9.17, 15) is 0 Å². The van der Waals surface area contributed by atoms with Gasteiger partial charge in [0.2, 0.25) is 0 Å². The summed E-state index contributed by atoms with van der Waals surface area (Å²) < 4.78 is 0. The van der Waals surface area contributed by atoms with Crippen molar-refractivity contribution in [3.8, 4) is 6.07 Å². The van der Waals surface area contributed by atoms with E-state index in [2.05, 4.69) is 30.0 Å². The Bertz CT molecular complexity index is 587. The highest BCUT2D eigenvalue weighted by Crippen LogP contribution is 2.22. The van der Waals surface area contributed by atoms with Gasteiger partial charge in [-0.05, 0) is 36.8 Å². The third-order valence-electron chi connectivity index (χ3n) is 3.05. The Labute approximate surface area is 118 Å². The number of benzene rings is 2. The van der Waals surface area contributed by atoms with Gasteiger partial charge in [-0.2, -0.15) is 5.26 Å². The second-order valence-electron chi connectivity index (χ2n) is 4.27. The molecule has 0 bridgehead atoms. The Morgan fingerprint density at radius 2 is 1.89 bits per heavy atom. The number of hydrogen-bond acceptors (Lipinski definition) is 2. The van der Waals surface area contributed by atoms with Gasteiger partial charge in [-0.25, -0.2) is 0 Å². The Morgan fingerprint density at radius 1 is 1.16 bits per heavy atom. The van der Waals surface area contributed by atoms with Gasteiger partial charge in [0.1, 0.15) is 0 Å². The van der Waals surface area contributed by atoms with Gasteiger partial charge in [-0.15, -0.1) is 0 Å². The zero-order chi connectivity index (χ0) is 13.7. The Balaban J connectivity index is 2.22. The van der Waals surface area contributed by atoms with E-state index in [0.717, 1.165) is 18.7 Å². The van der Waals surface area contributed by atoms with Gasteiger partial charge in [-0.3, -0.25) is 0 Å². The number of halogens is 1. The minimum Gasteiger partial charge on any atom is -0.367 e. The van der Waals surface area contributed by atoms with Crippen LogP contribution in [0.25, 0.3) is 0 Å². The first kappa shape index (κ1) is 13.5. The van der Waals surface area contributed by atoms with Crippen LogP contribution in [-0.4, -0.2) is 6.54 Å². The normalized spacial score (nSPS) is 9.95. The SMILES string of the molecule is CCN(Cc1ccc(C#N)cc1Cl)c1ccccc1. The topological polar surface area (TPSA) is 27.0 Å². The maximum atomic E-state index is 8.84. The van der Waals surface area contributed by atoms with E-state index in [4.69, 9.17) is 16.9 Å². The second kappa shape index (κ2) is 6.26. The molecule has 2 rings (SSSR count). The van der Waals surface area contributed by atoms with Crippen molar-refractivity contribution in [3.05, 3.63) is 64.7 Å². The molecule has 0 saturated carbocycles. The lowest BCUT2D eigenvalue weighted by molar-refractivity contribution is 0.832. The van der Waals surface area contributed by atoms with E-state index >= 15 is 0 Å². The predicted octanol–water partition coefficient (Wildman–Crippen LogP) is 4.24. The van der Waals surface area contributed by atoms with Crippen LogP contribution in [0.4, 0.5) is 5.69 Å². The van der Waals surface area contributed by atoms with Gasteiger partial charge in [0.25, 0.3) is 0 Å². The van der Waals surface area contributed by atoms with Crippen LogP contribution in [0.15, 0.2) is 48.5 Å². The number of nitrogens with zero attached hydrogens (tertiary/aromatic N) is 2. The summed E-state index contributed by atoms with van der Waals surface area (Å²) in [4.78, 5) is 2.24. The lowest BCUT2D eigenvalue weighted by atomic mass is 10.1. The molecule has 0 saturated heterocycles. The van der Waals surface area contributed by atoms with Crippen LogP contribution >= 0.6 is 11.6 Å². The van der Waals surface area contributed by atoms with Crippen molar-refractivity contribution in [1.82, 2.24) is 0 Å². The minimum atomic E-state index is 0.594. The van der Waals surface area contributed by atoms with Crippen molar-refractivity contribution in [1.29, 1.82) is 5.26 Å². The monoisotopic (exact) mass is 270 g/mol. The van der Waals surface area contributed by atoms with E-state index in [0.29, 0.717) is 10.6 Å². The molecule has 0 spiro atoms. The van der Waals surface area contributed by atoms with E-state index in [1.54, 1.807) is 12.1 Å². The van der Waals surface area contributed by atoms with Gasteiger partial charge in [-0.1, -0.05) is 35.9 Å². The van der Waals surface area contributed by atoms with Crippen LogP contribution in [0.2, 0.25) is 5.02 Å². The minimum absolute atomic E-state index is 0.594. The summed E-state index contributed by atoms with van der Waals surface area (Å²) in [5.74, 6) is 0. The fourth-order valence-corrected chi connectivity index (χ4v) is 2.22. The standard InChI is InChI=1S/C16H15ClN2/c1-2-19(15-6-4-3-5-7-15)12-14-9-8-13(11-18)10-16(14)17/h3-10H,2,12H2,1H3. The molecule has 0 aromatic heterocycles. The van der Waals surface area contributed by atoms with Gasteiger partial charge in [0.15, 0.2) is 0 Å². The molecule has 2 aromatic carbocycles. The van der Waals surface area contributed by atoms with Gasteiger partial charge in [0, 0.05) is 23.8 Å². The second-order valence-corrected chi connectivity index (χ2v) is 4.67. The fraction of sp³-hybridized carbons (Fsp3) is 0.188.